The molecule has 1 heterocycles. The molecule has 0 bridgehead atoms. The van der Waals surface area contributed by atoms with Crippen molar-refractivity contribution in [3.8, 4) is 17.0 Å². The molecule has 0 saturated heterocycles. The molecule has 18 heavy (non-hydrogen) atoms. The lowest BCUT2D eigenvalue weighted by molar-refractivity contribution is 0.398. The zero-order chi connectivity index (χ0) is 13.3. The first-order valence-corrected chi connectivity index (χ1v) is 6.26. The molecule has 94 valence electrons. The zero-order valence-corrected chi connectivity index (χ0v) is 11.9. The van der Waals surface area contributed by atoms with Crippen molar-refractivity contribution in [3.63, 3.8) is 0 Å². The molecule has 2 rings (SSSR count). The number of hydrogen-bond acceptors (Lipinski definition) is 2. The number of aryl methyl sites for hydroxylation is 2. The number of benzene rings is 1. The van der Waals surface area contributed by atoms with Gasteiger partial charge in [-0.3, -0.25) is 0 Å². The third-order valence-electron chi connectivity index (χ3n) is 2.86. The van der Waals surface area contributed by atoms with Gasteiger partial charge in [0, 0.05) is 16.8 Å². The van der Waals surface area contributed by atoms with E-state index >= 15 is 0 Å². The highest BCUT2D eigenvalue weighted by Gasteiger charge is 2.15. The predicted molar refractivity (Wildman–Crippen MR) is 75.7 cm³/mol. The van der Waals surface area contributed by atoms with Crippen LogP contribution in [0.5, 0.6) is 5.88 Å². The second-order valence-electron chi connectivity index (χ2n) is 4.04. The monoisotopic (exact) mass is 281 g/mol. The summed E-state index contributed by atoms with van der Waals surface area (Å²) >= 11 is 12.4. The van der Waals surface area contributed by atoms with Crippen molar-refractivity contribution in [1.29, 1.82) is 0 Å². The normalized spacial score (nSPS) is 10.5. The molecule has 0 radical (unpaired) electrons. The fourth-order valence-corrected chi connectivity index (χ4v) is 2.37. The number of halogens is 2. The average molecular weight is 282 g/mol. The summed E-state index contributed by atoms with van der Waals surface area (Å²) in [6.07, 6.45) is 0. The smallest absolute Gasteiger partial charge is 0.221 e. The molecule has 2 aromatic rings. The van der Waals surface area contributed by atoms with Gasteiger partial charge in [0.25, 0.3) is 0 Å². The Kier molecular flexibility index (Phi) is 3.79. The molecule has 0 amide bonds. The number of aromatic nitrogens is 1. The number of methoxy groups -OCH3 is 1. The first-order valence-electron chi connectivity index (χ1n) is 5.51. The number of rotatable bonds is 2. The summed E-state index contributed by atoms with van der Waals surface area (Å²) < 4.78 is 5.32. The van der Waals surface area contributed by atoms with Crippen molar-refractivity contribution in [2.75, 3.05) is 7.11 Å². The molecule has 4 heteroatoms. The zero-order valence-electron chi connectivity index (χ0n) is 10.4. The first kappa shape index (κ1) is 13.2. The SMILES string of the molecule is COc1nc(C)c(C)cc1-c1c(Cl)cccc1Cl. The lowest BCUT2D eigenvalue weighted by atomic mass is 10.0. The fraction of sp³-hybridized carbons (Fsp3) is 0.214. The van der Waals surface area contributed by atoms with Gasteiger partial charge in [-0.05, 0) is 37.6 Å². The van der Waals surface area contributed by atoms with E-state index in [4.69, 9.17) is 27.9 Å². The Labute approximate surface area is 117 Å². The minimum Gasteiger partial charge on any atom is -0.481 e. The molecule has 0 fully saturated rings. The van der Waals surface area contributed by atoms with Gasteiger partial charge in [0.05, 0.1) is 17.2 Å². The van der Waals surface area contributed by atoms with Gasteiger partial charge in [-0.25, -0.2) is 4.98 Å². The Balaban J connectivity index is 2.74. The second kappa shape index (κ2) is 5.17. The van der Waals surface area contributed by atoms with Crippen LogP contribution in [0.1, 0.15) is 11.3 Å². The second-order valence-corrected chi connectivity index (χ2v) is 4.86. The number of ether oxygens (including phenoxy) is 1. The summed E-state index contributed by atoms with van der Waals surface area (Å²) in [6, 6.07) is 7.41. The lowest BCUT2D eigenvalue weighted by Crippen LogP contribution is -1.97. The molecule has 0 atom stereocenters. The van der Waals surface area contributed by atoms with Crippen LogP contribution in [-0.2, 0) is 0 Å². The van der Waals surface area contributed by atoms with Gasteiger partial charge >= 0.3 is 0 Å². The van der Waals surface area contributed by atoms with E-state index in [0.29, 0.717) is 15.9 Å². The van der Waals surface area contributed by atoms with Crippen LogP contribution in [0.4, 0.5) is 0 Å². The van der Waals surface area contributed by atoms with Crippen molar-refractivity contribution in [2.24, 2.45) is 0 Å². The topological polar surface area (TPSA) is 22.1 Å². The van der Waals surface area contributed by atoms with E-state index < -0.39 is 0 Å². The molecule has 1 aromatic carbocycles. The molecule has 0 aliphatic carbocycles. The van der Waals surface area contributed by atoms with Gasteiger partial charge in [0.15, 0.2) is 0 Å². The summed E-state index contributed by atoms with van der Waals surface area (Å²) in [6.45, 7) is 3.94. The van der Waals surface area contributed by atoms with Gasteiger partial charge in [0.1, 0.15) is 0 Å². The van der Waals surface area contributed by atoms with Crippen LogP contribution < -0.4 is 4.74 Å². The Morgan fingerprint density at radius 3 is 2.28 bits per heavy atom. The van der Waals surface area contributed by atoms with Crippen LogP contribution >= 0.6 is 23.2 Å². The van der Waals surface area contributed by atoms with E-state index in [-0.39, 0.29) is 0 Å². The Bertz CT molecular complexity index is 576. The maximum atomic E-state index is 6.22. The third-order valence-corrected chi connectivity index (χ3v) is 3.49. The average Bonchev–Trinajstić information content (AvgIpc) is 2.33. The fourth-order valence-electron chi connectivity index (χ4n) is 1.77. The molecule has 0 saturated carbocycles. The molecule has 0 aliphatic heterocycles. The van der Waals surface area contributed by atoms with Crippen molar-refractivity contribution in [1.82, 2.24) is 4.98 Å². The van der Waals surface area contributed by atoms with Crippen LogP contribution in [0.15, 0.2) is 24.3 Å². The summed E-state index contributed by atoms with van der Waals surface area (Å²) in [4.78, 5) is 4.41. The van der Waals surface area contributed by atoms with Crippen molar-refractivity contribution >= 4 is 23.2 Å². The Morgan fingerprint density at radius 2 is 1.72 bits per heavy atom. The summed E-state index contributed by atoms with van der Waals surface area (Å²) in [5.74, 6) is 0.535. The minimum atomic E-state index is 0.535. The maximum absolute atomic E-state index is 6.22. The molecule has 0 unspecified atom stereocenters. The van der Waals surface area contributed by atoms with Gasteiger partial charge in [-0.15, -0.1) is 0 Å². The van der Waals surface area contributed by atoms with Crippen molar-refractivity contribution in [3.05, 3.63) is 45.6 Å². The van der Waals surface area contributed by atoms with Crippen LogP contribution in [0.3, 0.4) is 0 Å². The lowest BCUT2D eigenvalue weighted by Gasteiger charge is -2.13. The highest BCUT2D eigenvalue weighted by molar-refractivity contribution is 6.39. The molecule has 2 nitrogen and oxygen atoms in total. The summed E-state index contributed by atoms with van der Waals surface area (Å²) in [5.41, 5.74) is 3.57. The third kappa shape index (κ3) is 2.31. The van der Waals surface area contributed by atoms with Crippen LogP contribution in [0.2, 0.25) is 10.0 Å². The van der Waals surface area contributed by atoms with Gasteiger partial charge in [0.2, 0.25) is 5.88 Å². The molecule has 0 spiro atoms. The van der Waals surface area contributed by atoms with E-state index in [2.05, 4.69) is 4.98 Å². The summed E-state index contributed by atoms with van der Waals surface area (Å²) in [5, 5.41) is 1.18. The largest absolute Gasteiger partial charge is 0.481 e. The number of hydrogen-bond donors (Lipinski definition) is 0. The number of nitrogens with zero attached hydrogens (tertiary/aromatic N) is 1. The quantitative estimate of drug-likeness (QED) is 0.797. The van der Waals surface area contributed by atoms with E-state index in [1.54, 1.807) is 19.2 Å². The standard InChI is InChI=1S/C14H13Cl2NO/c1-8-7-10(14(18-3)17-9(8)2)13-11(15)5-4-6-12(13)16/h4-7H,1-3H3. The molecular formula is C14H13Cl2NO. The van der Waals surface area contributed by atoms with E-state index in [1.807, 2.05) is 26.0 Å². The maximum Gasteiger partial charge on any atom is 0.221 e. The summed E-state index contributed by atoms with van der Waals surface area (Å²) in [7, 11) is 1.59. The van der Waals surface area contributed by atoms with Crippen molar-refractivity contribution in [2.45, 2.75) is 13.8 Å². The van der Waals surface area contributed by atoms with Crippen LogP contribution in [0, 0.1) is 13.8 Å². The first-order chi connectivity index (χ1) is 8.54. The van der Waals surface area contributed by atoms with E-state index in [1.165, 1.54) is 0 Å². The van der Waals surface area contributed by atoms with E-state index in [9.17, 15) is 0 Å². The van der Waals surface area contributed by atoms with Crippen LogP contribution in [-0.4, -0.2) is 12.1 Å². The van der Waals surface area contributed by atoms with E-state index in [0.717, 1.165) is 22.4 Å². The highest BCUT2D eigenvalue weighted by atomic mass is 35.5. The number of pyridine rings is 1. The highest BCUT2D eigenvalue weighted by Crippen LogP contribution is 2.39. The van der Waals surface area contributed by atoms with Gasteiger partial charge < -0.3 is 4.74 Å². The molecule has 0 N–H and O–H groups in total. The van der Waals surface area contributed by atoms with Gasteiger partial charge in [-0.1, -0.05) is 29.3 Å². The Hall–Kier alpha value is -1.25. The molecular weight excluding hydrogens is 269 g/mol. The van der Waals surface area contributed by atoms with Crippen molar-refractivity contribution < 1.29 is 4.74 Å². The minimum absolute atomic E-state index is 0.535. The molecule has 0 aliphatic rings. The molecule has 1 aromatic heterocycles. The van der Waals surface area contributed by atoms with Crippen LogP contribution in [0.25, 0.3) is 11.1 Å². The van der Waals surface area contributed by atoms with Gasteiger partial charge in [-0.2, -0.15) is 0 Å². The Morgan fingerprint density at radius 1 is 1.11 bits per heavy atom. The predicted octanol–water partition coefficient (Wildman–Crippen LogP) is 4.68.